The summed E-state index contributed by atoms with van der Waals surface area (Å²) in [5, 5.41) is 12.4. The van der Waals surface area contributed by atoms with Crippen LogP contribution < -0.4 is 11.1 Å². The van der Waals surface area contributed by atoms with Crippen molar-refractivity contribution in [3.8, 4) is 0 Å². The Labute approximate surface area is 105 Å². The standard InChI is InChI=1S/C13H28N2O2/c1-10(2)8-12(16)9-15-13(17)5-4-11(3)6-7-14/h10-12,16H,4-9,14H2,1-3H3,(H,15,17). The van der Waals surface area contributed by atoms with E-state index in [1.54, 1.807) is 0 Å². The second-order valence-electron chi connectivity index (χ2n) is 5.31. The Kier molecular flexibility index (Phi) is 9.09. The van der Waals surface area contributed by atoms with Crippen molar-refractivity contribution in [2.45, 2.75) is 52.6 Å². The van der Waals surface area contributed by atoms with Gasteiger partial charge < -0.3 is 16.2 Å². The van der Waals surface area contributed by atoms with E-state index in [0.717, 1.165) is 19.3 Å². The quantitative estimate of drug-likeness (QED) is 0.572. The van der Waals surface area contributed by atoms with Gasteiger partial charge in [0.15, 0.2) is 0 Å². The summed E-state index contributed by atoms with van der Waals surface area (Å²) >= 11 is 0. The summed E-state index contributed by atoms with van der Waals surface area (Å²) in [7, 11) is 0. The van der Waals surface area contributed by atoms with Crippen LogP contribution in [-0.2, 0) is 4.79 Å². The molecule has 0 saturated carbocycles. The molecule has 0 aliphatic heterocycles. The summed E-state index contributed by atoms with van der Waals surface area (Å²) in [5.41, 5.74) is 5.45. The van der Waals surface area contributed by atoms with E-state index in [2.05, 4.69) is 26.1 Å². The van der Waals surface area contributed by atoms with Crippen molar-refractivity contribution >= 4 is 5.91 Å². The van der Waals surface area contributed by atoms with E-state index in [1.807, 2.05) is 0 Å². The van der Waals surface area contributed by atoms with E-state index in [4.69, 9.17) is 5.73 Å². The maximum atomic E-state index is 11.5. The van der Waals surface area contributed by atoms with Crippen LogP contribution in [0.3, 0.4) is 0 Å². The molecule has 4 N–H and O–H groups in total. The Morgan fingerprint density at radius 2 is 1.94 bits per heavy atom. The van der Waals surface area contributed by atoms with Gasteiger partial charge >= 0.3 is 0 Å². The predicted octanol–water partition coefficient (Wildman–Crippen LogP) is 1.27. The van der Waals surface area contributed by atoms with Crippen LogP contribution in [0.15, 0.2) is 0 Å². The molecule has 0 heterocycles. The third-order valence-corrected chi connectivity index (χ3v) is 2.80. The molecule has 0 aliphatic rings. The smallest absolute Gasteiger partial charge is 0.220 e. The van der Waals surface area contributed by atoms with Crippen molar-refractivity contribution in [2.24, 2.45) is 17.6 Å². The molecular formula is C13H28N2O2. The molecule has 17 heavy (non-hydrogen) atoms. The van der Waals surface area contributed by atoms with Crippen LogP contribution in [-0.4, -0.2) is 30.2 Å². The summed E-state index contributed by atoms with van der Waals surface area (Å²) in [5.74, 6) is 0.967. The number of carbonyl (C=O) groups is 1. The zero-order valence-corrected chi connectivity index (χ0v) is 11.4. The van der Waals surface area contributed by atoms with Gasteiger partial charge in [-0.3, -0.25) is 4.79 Å². The molecular weight excluding hydrogens is 216 g/mol. The first kappa shape index (κ1) is 16.4. The van der Waals surface area contributed by atoms with Gasteiger partial charge in [0.1, 0.15) is 0 Å². The number of hydrogen-bond acceptors (Lipinski definition) is 3. The van der Waals surface area contributed by atoms with Crippen molar-refractivity contribution in [1.82, 2.24) is 5.32 Å². The van der Waals surface area contributed by atoms with Gasteiger partial charge in [0, 0.05) is 13.0 Å². The largest absolute Gasteiger partial charge is 0.391 e. The molecule has 0 saturated heterocycles. The van der Waals surface area contributed by atoms with Crippen molar-refractivity contribution in [1.29, 1.82) is 0 Å². The average molecular weight is 244 g/mol. The Morgan fingerprint density at radius 1 is 1.29 bits per heavy atom. The minimum atomic E-state index is -0.430. The fourth-order valence-electron chi connectivity index (χ4n) is 1.75. The summed E-state index contributed by atoms with van der Waals surface area (Å²) < 4.78 is 0. The lowest BCUT2D eigenvalue weighted by molar-refractivity contribution is -0.121. The van der Waals surface area contributed by atoms with E-state index in [0.29, 0.717) is 31.3 Å². The molecule has 2 unspecified atom stereocenters. The molecule has 0 aromatic heterocycles. The maximum absolute atomic E-state index is 11.5. The highest BCUT2D eigenvalue weighted by Crippen LogP contribution is 2.09. The summed E-state index contributed by atoms with van der Waals surface area (Å²) in [6.45, 7) is 7.25. The predicted molar refractivity (Wildman–Crippen MR) is 70.5 cm³/mol. The molecule has 4 nitrogen and oxygen atoms in total. The first-order chi connectivity index (χ1) is 7.95. The molecule has 0 aliphatic carbocycles. The lowest BCUT2D eigenvalue weighted by Gasteiger charge is -2.14. The first-order valence-corrected chi connectivity index (χ1v) is 6.60. The van der Waals surface area contributed by atoms with Gasteiger partial charge in [-0.1, -0.05) is 20.8 Å². The minimum absolute atomic E-state index is 0.0247. The number of nitrogens with one attached hydrogen (secondary N) is 1. The molecule has 0 radical (unpaired) electrons. The number of amides is 1. The van der Waals surface area contributed by atoms with Crippen LogP contribution in [0, 0.1) is 11.8 Å². The van der Waals surface area contributed by atoms with Gasteiger partial charge in [-0.2, -0.15) is 0 Å². The third kappa shape index (κ3) is 10.3. The highest BCUT2D eigenvalue weighted by molar-refractivity contribution is 5.75. The summed E-state index contributed by atoms with van der Waals surface area (Å²) in [4.78, 5) is 11.5. The van der Waals surface area contributed by atoms with Crippen molar-refractivity contribution < 1.29 is 9.90 Å². The van der Waals surface area contributed by atoms with Gasteiger partial charge in [0.25, 0.3) is 0 Å². The van der Waals surface area contributed by atoms with Gasteiger partial charge in [-0.05, 0) is 37.6 Å². The van der Waals surface area contributed by atoms with E-state index >= 15 is 0 Å². The lowest BCUT2D eigenvalue weighted by atomic mass is 10.0. The maximum Gasteiger partial charge on any atom is 0.220 e. The van der Waals surface area contributed by atoms with Crippen molar-refractivity contribution in [3.05, 3.63) is 0 Å². The Balaban J connectivity index is 3.58. The third-order valence-electron chi connectivity index (χ3n) is 2.80. The number of rotatable bonds is 9. The van der Waals surface area contributed by atoms with Crippen LogP contribution in [0.2, 0.25) is 0 Å². The Morgan fingerprint density at radius 3 is 2.47 bits per heavy atom. The molecule has 0 aromatic carbocycles. The molecule has 1 amide bonds. The van der Waals surface area contributed by atoms with Gasteiger partial charge in [-0.25, -0.2) is 0 Å². The number of nitrogens with two attached hydrogens (primary N) is 1. The molecule has 102 valence electrons. The van der Waals surface area contributed by atoms with Crippen molar-refractivity contribution in [2.75, 3.05) is 13.1 Å². The van der Waals surface area contributed by atoms with E-state index in [1.165, 1.54) is 0 Å². The summed E-state index contributed by atoms with van der Waals surface area (Å²) in [6.07, 6.45) is 2.65. The molecule has 4 heteroatoms. The van der Waals surface area contributed by atoms with Gasteiger partial charge in [-0.15, -0.1) is 0 Å². The topological polar surface area (TPSA) is 75.3 Å². The SMILES string of the molecule is CC(C)CC(O)CNC(=O)CCC(C)CCN. The molecule has 2 atom stereocenters. The second-order valence-corrected chi connectivity index (χ2v) is 5.31. The highest BCUT2D eigenvalue weighted by atomic mass is 16.3. The monoisotopic (exact) mass is 244 g/mol. The molecule has 0 bridgehead atoms. The normalized spacial score (nSPS) is 14.7. The highest BCUT2D eigenvalue weighted by Gasteiger charge is 2.10. The molecule has 0 fully saturated rings. The minimum Gasteiger partial charge on any atom is -0.391 e. The van der Waals surface area contributed by atoms with E-state index < -0.39 is 6.10 Å². The van der Waals surface area contributed by atoms with E-state index in [9.17, 15) is 9.90 Å². The lowest BCUT2D eigenvalue weighted by Crippen LogP contribution is -2.32. The van der Waals surface area contributed by atoms with Crippen LogP contribution in [0.5, 0.6) is 0 Å². The fourth-order valence-corrected chi connectivity index (χ4v) is 1.75. The zero-order chi connectivity index (χ0) is 13.3. The summed E-state index contributed by atoms with van der Waals surface area (Å²) in [6, 6.07) is 0. The Bertz CT molecular complexity index is 208. The first-order valence-electron chi connectivity index (χ1n) is 6.60. The molecule has 0 spiro atoms. The number of aliphatic hydroxyl groups is 1. The number of hydrogen-bond donors (Lipinski definition) is 3. The van der Waals surface area contributed by atoms with Crippen LogP contribution in [0.25, 0.3) is 0 Å². The van der Waals surface area contributed by atoms with Crippen molar-refractivity contribution in [3.63, 3.8) is 0 Å². The van der Waals surface area contributed by atoms with Crippen LogP contribution in [0.1, 0.15) is 46.5 Å². The fraction of sp³-hybridized carbons (Fsp3) is 0.923. The van der Waals surface area contributed by atoms with Crippen LogP contribution >= 0.6 is 0 Å². The number of carbonyl (C=O) groups excluding carboxylic acids is 1. The average Bonchev–Trinajstić information content (AvgIpc) is 2.23. The Hall–Kier alpha value is -0.610. The number of aliphatic hydroxyl groups excluding tert-OH is 1. The van der Waals surface area contributed by atoms with Crippen LogP contribution in [0.4, 0.5) is 0 Å². The zero-order valence-electron chi connectivity index (χ0n) is 11.4. The molecule has 0 aromatic rings. The van der Waals surface area contributed by atoms with E-state index in [-0.39, 0.29) is 5.91 Å². The van der Waals surface area contributed by atoms with Gasteiger partial charge in [0.05, 0.1) is 6.10 Å². The van der Waals surface area contributed by atoms with Gasteiger partial charge in [0.2, 0.25) is 5.91 Å². The molecule has 0 rings (SSSR count). The second kappa shape index (κ2) is 9.42.